The molecular weight excluding hydrogens is 250 g/mol. The van der Waals surface area contributed by atoms with Gasteiger partial charge in [0.15, 0.2) is 0 Å². The van der Waals surface area contributed by atoms with E-state index in [0.717, 1.165) is 44.4 Å². The lowest BCUT2D eigenvalue weighted by Gasteiger charge is -2.17. The Kier molecular flexibility index (Phi) is 3.97. The van der Waals surface area contributed by atoms with Gasteiger partial charge in [-0.2, -0.15) is 4.98 Å². The number of nitrogens with zero attached hydrogens (tertiary/aromatic N) is 3. The lowest BCUT2D eigenvalue weighted by molar-refractivity contribution is 0.724. The predicted molar refractivity (Wildman–Crippen MR) is 80.0 cm³/mol. The van der Waals surface area contributed by atoms with Crippen molar-refractivity contribution in [2.75, 3.05) is 31.1 Å². The molecule has 5 heteroatoms. The molecule has 0 amide bonds. The maximum absolute atomic E-state index is 4.68. The second-order valence-electron chi connectivity index (χ2n) is 5.24. The van der Waals surface area contributed by atoms with Crippen molar-refractivity contribution in [3.8, 4) is 0 Å². The Hall–Kier alpha value is -1.88. The Morgan fingerprint density at radius 1 is 1.15 bits per heavy atom. The Balaban J connectivity index is 1.76. The van der Waals surface area contributed by atoms with E-state index in [1.165, 1.54) is 5.56 Å². The molecule has 1 unspecified atom stereocenters. The van der Waals surface area contributed by atoms with Crippen molar-refractivity contribution in [3.05, 3.63) is 41.7 Å². The van der Waals surface area contributed by atoms with E-state index >= 15 is 0 Å². The topological polar surface area (TPSA) is 56.8 Å². The summed E-state index contributed by atoms with van der Waals surface area (Å²) in [4.78, 5) is 6.93. The molecule has 1 saturated heterocycles. The van der Waals surface area contributed by atoms with Crippen LogP contribution in [0.2, 0.25) is 0 Å². The van der Waals surface area contributed by atoms with E-state index in [9.17, 15) is 0 Å². The van der Waals surface area contributed by atoms with E-state index in [1.54, 1.807) is 0 Å². The van der Waals surface area contributed by atoms with E-state index in [-0.39, 0.29) is 5.92 Å². The van der Waals surface area contributed by atoms with E-state index in [0.29, 0.717) is 0 Å². The zero-order valence-corrected chi connectivity index (χ0v) is 11.8. The summed E-state index contributed by atoms with van der Waals surface area (Å²) in [6.45, 7) is 6.22. The summed E-state index contributed by atoms with van der Waals surface area (Å²) in [6, 6.07) is 10.4. The molecule has 2 heterocycles. The molecule has 0 saturated carbocycles. The number of rotatable bonds is 3. The molecule has 0 spiro atoms. The average molecular weight is 271 g/mol. The van der Waals surface area contributed by atoms with Crippen molar-refractivity contribution >= 4 is 5.95 Å². The van der Waals surface area contributed by atoms with Gasteiger partial charge in [0.05, 0.1) is 0 Å². The maximum atomic E-state index is 4.68. The van der Waals surface area contributed by atoms with Gasteiger partial charge in [0.1, 0.15) is 5.82 Å². The minimum absolute atomic E-state index is 0.238. The number of anilines is 1. The SMILES string of the molecule is CC(c1ccccc1)c1nc(N2CCCNCC2)n[nH]1. The quantitative estimate of drug-likeness (QED) is 0.893. The van der Waals surface area contributed by atoms with Crippen LogP contribution in [0.3, 0.4) is 0 Å². The molecule has 1 aromatic carbocycles. The second kappa shape index (κ2) is 6.05. The van der Waals surface area contributed by atoms with Crippen LogP contribution in [0.1, 0.15) is 30.7 Å². The number of benzene rings is 1. The first-order valence-corrected chi connectivity index (χ1v) is 7.27. The Morgan fingerprint density at radius 3 is 2.85 bits per heavy atom. The highest BCUT2D eigenvalue weighted by molar-refractivity contribution is 5.32. The molecule has 3 rings (SSSR count). The minimum atomic E-state index is 0.238. The van der Waals surface area contributed by atoms with Crippen LogP contribution in [0.25, 0.3) is 0 Å². The van der Waals surface area contributed by atoms with Gasteiger partial charge >= 0.3 is 0 Å². The van der Waals surface area contributed by atoms with Crippen molar-refractivity contribution in [1.82, 2.24) is 20.5 Å². The fraction of sp³-hybridized carbons (Fsp3) is 0.467. The average Bonchev–Trinajstić information content (AvgIpc) is 2.83. The van der Waals surface area contributed by atoms with Crippen LogP contribution >= 0.6 is 0 Å². The van der Waals surface area contributed by atoms with Gasteiger partial charge in [-0.05, 0) is 18.5 Å². The third kappa shape index (κ3) is 2.82. The largest absolute Gasteiger partial charge is 0.338 e. The zero-order valence-electron chi connectivity index (χ0n) is 11.8. The molecule has 1 aromatic heterocycles. The maximum Gasteiger partial charge on any atom is 0.244 e. The first-order valence-electron chi connectivity index (χ1n) is 7.27. The van der Waals surface area contributed by atoms with Gasteiger partial charge in [-0.25, -0.2) is 0 Å². The third-order valence-electron chi connectivity index (χ3n) is 3.82. The van der Waals surface area contributed by atoms with E-state index < -0.39 is 0 Å². The smallest absolute Gasteiger partial charge is 0.244 e. The van der Waals surface area contributed by atoms with Crippen LogP contribution in [0.4, 0.5) is 5.95 Å². The van der Waals surface area contributed by atoms with Crippen molar-refractivity contribution in [1.29, 1.82) is 0 Å². The third-order valence-corrected chi connectivity index (χ3v) is 3.82. The van der Waals surface area contributed by atoms with Crippen LogP contribution in [0.5, 0.6) is 0 Å². The summed E-state index contributed by atoms with van der Waals surface area (Å²) >= 11 is 0. The first-order chi connectivity index (χ1) is 9.84. The normalized spacial score (nSPS) is 17.8. The van der Waals surface area contributed by atoms with Gasteiger partial charge in [0.25, 0.3) is 0 Å². The molecular formula is C15H21N5. The molecule has 2 aromatic rings. The summed E-state index contributed by atoms with van der Waals surface area (Å²) in [5.74, 6) is 2.00. The van der Waals surface area contributed by atoms with Crippen molar-refractivity contribution in [2.24, 2.45) is 0 Å². The van der Waals surface area contributed by atoms with Crippen molar-refractivity contribution in [2.45, 2.75) is 19.3 Å². The van der Waals surface area contributed by atoms with E-state index in [2.05, 4.69) is 56.6 Å². The number of aromatic nitrogens is 3. The molecule has 106 valence electrons. The van der Waals surface area contributed by atoms with Gasteiger partial charge in [0.2, 0.25) is 5.95 Å². The van der Waals surface area contributed by atoms with Gasteiger partial charge < -0.3 is 10.2 Å². The number of hydrogen-bond acceptors (Lipinski definition) is 4. The van der Waals surface area contributed by atoms with Crippen LogP contribution < -0.4 is 10.2 Å². The van der Waals surface area contributed by atoms with Crippen LogP contribution in [0, 0.1) is 0 Å². The number of H-pyrrole nitrogens is 1. The molecule has 0 aliphatic carbocycles. The second-order valence-corrected chi connectivity index (χ2v) is 5.24. The molecule has 1 atom stereocenters. The fourth-order valence-corrected chi connectivity index (χ4v) is 2.55. The summed E-state index contributed by atoms with van der Waals surface area (Å²) in [5, 5.41) is 10.9. The zero-order chi connectivity index (χ0) is 13.8. The Morgan fingerprint density at radius 2 is 2.00 bits per heavy atom. The first kappa shape index (κ1) is 13.1. The molecule has 1 aliphatic heterocycles. The van der Waals surface area contributed by atoms with Crippen LogP contribution in [-0.2, 0) is 0 Å². The summed E-state index contributed by atoms with van der Waals surface area (Å²) in [7, 11) is 0. The summed E-state index contributed by atoms with van der Waals surface area (Å²) < 4.78 is 0. The van der Waals surface area contributed by atoms with E-state index in [4.69, 9.17) is 0 Å². The highest BCUT2D eigenvalue weighted by atomic mass is 15.4. The summed E-state index contributed by atoms with van der Waals surface area (Å²) in [5.41, 5.74) is 1.26. The van der Waals surface area contributed by atoms with Crippen molar-refractivity contribution in [3.63, 3.8) is 0 Å². The monoisotopic (exact) mass is 271 g/mol. The standard InChI is InChI=1S/C15H21N5/c1-12(13-6-3-2-4-7-13)14-17-15(19-18-14)20-10-5-8-16-9-11-20/h2-4,6-7,12,16H,5,8-11H2,1H3,(H,17,18,19). The molecule has 0 radical (unpaired) electrons. The van der Waals surface area contributed by atoms with Gasteiger partial charge in [-0.1, -0.05) is 37.3 Å². The molecule has 1 aliphatic rings. The number of hydrogen-bond donors (Lipinski definition) is 2. The Bertz CT molecular complexity index is 528. The molecule has 0 bridgehead atoms. The predicted octanol–water partition coefficient (Wildman–Crippen LogP) is 1.76. The van der Waals surface area contributed by atoms with Gasteiger partial charge in [0, 0.05) is 25.6 Å². The molecule has 20 heavy (non-hydrogen) atoms. The Labute approximate surface area is 119 Å². The minimum Gasteiger partial charge on any atom is -0.338 e. The van der Waals surface area contributed by atoms with Gasteiger partial charge in [-0.3, -0.25) is 5.10 Å². The lowest BCUT2D eigenvalue weighted by atomic mass is 10.0. The van der Waals surface area contributed by atoms with Crippen LogP contribution in [-0.4, -0.2) is 41.4 Å². The molecule has 1 fully saturated rings. The highest BCUT2D eigenvalue weighted by Crippen LogP contribution is 2.22. The van der Waals surface area contributed by atoms with Gasteiger partial charge in [-0.15, -0.1) is 5.10 Å². The summed E-state index contributed by atoms with van der Waals surface area (Å²) in [6.07, 6.45) is 1.14. The van der Waals surface area contributed by atoms with Crippen LogP contribution in [0.15, 0.2) is 30.3 Å². The molecule has 5 nitrogen and oxygen atoms in total. The number of aromatic amines is 1. The fourth-order valence-electron chi connectivity index (χ4n) is 2.55. The highest BCUT2D eigenvalue weighted by Gasteiger charge is 2.17. The van der Waals surface area contributed by atoms with Crippen molar-refractivity contribution < 1.29 is 0 Å². The lowest BCUT2D eigenvalue weighted by Crippen LogP contribution is -2.28. The number of nitrogens with one attached hydrogen (secondary N) is 2. The van der Waals surface area contributed by atoms with E-state index in [1.807, 2.05) is 6.07 Å². The molecule has 2 N–H and O–H groups in total.